The van der Waals surface area contributed by atoms with E-state index < -0.39 is 11.8 Å². The van der Waals surface area contributed by atoms with Crippen molar-refractivity contribution >= 4 is 23.4 Å². The third-order valence-electron chi connectivity index (χ3n) is 1.98. The molecule has 0 heterocycles. The van der Waals surface area contributed by atoms with Crippen LogP contribution in [-0.2, 0) is 4.79 Å². The van der Waals surface area contributed by atoms with E-state index in [1.54, 1.807) is 0 Å². The first-order valence-corrected chi connectivity index (χ1v) is 5.08. The number of carboxylic acids is 1. The lowest BCUT2D eigenvalue weighted by Gasteiger charge is -2.01. The lowest BCUT2D eigenvalue weighted by Crippen LogP contribution is -2.02. The van der Waals surface area contributed by atoms with Gasteiger partial charge < -0.3 is 5.11 Å². The number of benzene rings is 1. The summed E-state index contributed by atoms with van der Waals surface area (Å²) in [5.74, 6) is -1.83. The molecule has 0 amide bonds. The van der Waals surface area contributed by atoms with Gasteiger partial charge in [0.25, 0.3) is 0 Å². The molecular formula is C11H10ClFO3. The van der Waals surface area contributed by atoms with Gasteiger partial charge in [0.1, 0.15) is 5.82 Å². The molecule has 0 saturated carbocycles. The standard InChI is InChI=1S/C11H10ClFO3/c12-8-4-7(5-9(13)6-8)10(14)2-1-3-11(15)16/h4-6H,1-3H2,(H,15,16). The summed E-state index contributed by atoms with van der Waals surface area (Å²) in [4.78, 5) is 21.7. The van der Waals surface area contributed by atoms with Crippen LogP contribution in [0.5, 0.6) is 0 Å². The highest BCUT2D eigenvalue weighted by atomic mass is 35.5. The Morgan fingerprint density at radius 3 is 2.50 bits per heavy atom. The molecule has 86 valence electrons. The van der Waals surface area contributed by atoms with E-state index in [-0.39, 0.29) is 35.6 Å². The molecule has 0 atom stereocenters. The monoisotopic (exact) mass is 244 g/mol. The largest absolute Gasteiger partial charge is 0.481 e. The predicted molar refractivity (Wildman–Crippen MR) is 57.2 cm³/mol. The molecule has 0 aromatic heterocycles. The van der Waals surface area contributed by atoms with E-state index in [2.05, 4.69) is 0 Å². The summed E-state index contributed by atoms with van der Waals surface area (Å²) in [6.45, 7) is 0. The fourth-order valence-electron chi connectivity index (χ4n) is 1.26. The maximum atomic E-state index is 12.9. The van der Waals surface area contributed by atoms with Gasteiger partial charge >= 0.3 is 5.97 Å². The zero-order chi connectivity index (χ0) is 12.1. The first kappa shape index (κ1) is 12.6. The Labute approximate surface area is 96.8 Å². The summed E-state index contributed by atoms with van der Waals surface area (Å²) in [7, 11) is 0. The molecule has 0 saturated heterocycles. The Hall–Kier alpha value is -1.42. The van der Waals surface area contributed by atoms with Gasteiger partial charge in [-0.2, -0.15) is 0 Å². The van der Waals surface area contributed by atoms with Crippen LogP contribution in [0, 0.1) is 5.82 Å². The summed E-state index contributed by atoms with van der Waals surface area (Å²) < 4.78 is 12.9. The van der Waals surface area contributed by atoms with Crippen LogP contribution in [0.15, 0.2) is 18.2 Å². The Kier molecular flexibility index (Phi) is 4.43. The summed E-state index contributed by atoms with van der Waals surface area (Å²) in [6, 6.07) is 3.57. The number of ketones is 1. The molecule has 0 aliphatic carbocycles. The minimum Gasteiger partial charge on any atom is -0.481 e. The average Bonchev–Trinajstić information content (AvgIpc) is 2.15. The van der Waals surface area contributed by atoms with Gasteiger partial charge in [-0.3, -0.25) is 9.59 Å². The number of carbonyl (C=O) groups is 2. The van der Waals surface area contributed by atoms with Gasteiger partial charge in [-0.15, -0.1) is 0 Å². The molecule has 3 nitrogen and oxygen atoms in total. The zero-order valence-electron chi connectivity index (χ0n) is 8.37. The van der Waals surface area contributed by atoms with Gasteiger partial charge in [-0.1, -0.05) is 11.6 Å². The summed E-state index contributed by atoms with van der Waals surface area (Å²) >= 11 is 5.59. The third kappa shape index (κ3) is 3.98. The van der Waals surface area contributed by atoms with Gasteiger partial charge in [0.15, 0.2) is 5.78 Å². The van der Waals surface area contributed by atoms with Crippen LogP contribution in [0.4, 0.5) is 4.39 Å². The van der Waals surface area contributed by atoms with Gasteiger partial charge in [0, 0.05) is 23.4 Å². The molecule has 1 aromatic rings. The van der Waals surface area contributed by atoms with Crippen molar-refractivity contribution < 1.29 is 19.1 Å². The van der Waals surface area contributed by atoms with E-state index in [0.29, 0.717) is 0 Å². The summed E-state index contributed by atoms with van der Waals surface area (Å²) in [5, 5.41) is 8.55. The van der Waals surface area contributed by atoms with Crippen LogP contribution in [-0.4, -0.2) is 16.9 Å². The highest BCUT2D eigenvalue weighted by Gasteiger charge is 2.09. The van der Waals surface area contributed by atoms with Crippen molar-refractivity contribution in [1.29, 1.82) is 0 Å². The molecule has 0 aliphatic heterocycles. The Morgan fingerprint density at radius 2 is 1.94 bits per heavy atom. The van der Waals surface area contributed by atoms with Crippen molar-refractivity contribution in [3.63, 3.8) is 0 Å². The molecule has 0 bridgehead atoms. The molecule has 16 heavy (non-hydrogen) atoms. The highest BCUT2D eigenvalue weighted by molar-refractivity contribution is 6.31. The molecule has 1 N–H and O–H groups in total. The summed E-state index contributed by atoms with van der Waals surface area (Å²) in [5.41, 5.74) is 0.176. The lowest BCUT2D eigenvalue weighted by atomic mass is 10.1. The SMILES string of the molecule is O=C(O)CCCC(=O)c1cc(F)cc(Cl)c1. The van der Waals surface area contributed by atoms with Crippen molar-refractivity contribution in [2.24, 2.45) is 0 Å². The zero-order valence-corrected chi connectivity index (χ0v) is 9.13. The smallest absolute Gasteiger partial charge is 0.303 e. The number of aliphatic carboxylic acids is 1. The first-order chi connectivity index (χ1) is 7.49. The van der Waals surface area contributed by atoms with Crippen LogP contribution < -0.4 is 0 Å². The minimum atomic E-state index is -0.954. The van der Waals surface area contributed by atoms with Crippen LogP contribution in [0.3, 0.4) is 0 Å². The van der Waals surface area contributed by atoms with Crippen molar-refractivity contribution in [2.75, 3.05) is 0 Å². The lowest BCUT2D eigenvalue weighted by molar-refractivity contribution is -0.137. The fraction of sp³-hybridized carbons (Fsp3) is 0.273. The van der Waals surface area contributed by atoms with E-state index >= 15 is 0 Å². The molecule has 5 heteroatoms. The number of halogens is 2. The van der Waals surface area contributed by atoms with E-state index in [1.807, 2.05) is 0 Å². The van der Waals surface area contributed by atoms with Crippen LogP contribution in [0.1, 0.15) is 29.6 Å². The molecule has 0 radical (unpaired) electrons. The number of rotatable bonds is 5. The molecule has 0 spiro atoms. The maximum Gasteiger partial charge on any atom is 0.303 e. The average molecular weight is 245 g/mol. The second kappa shape index (κ2) is 5.61. The number of hydrogen-bond donors (Lipinski definition) is 1. The maximum absolute atomic E-state index is 12.9. The second-order valence-corrected chi connectivity index (χ2v) is 3.77. The number of Topliss-reactive ketones (excluding diaryl/α,β-unsaturated/α-hetero) is 1. The minimum absolute atomic E-state index is 0.0746. The van der Waals surface area contributed by atoms with Gasteiger partial charge in [0.05, 0.1) is 0 Å². The third-order valence-corrected chi connectivity index (χ3v) is 2.20. The topological polar surface area (TPSA) is 54.4 Å². The normalized spacial score (nSPS) is 10.1. The van der Waals surface area contributed by atoms with E-state index in [4.69, 9.17) is 16.7 Å². The first-order valence-electron chi connectivity index (χ1n) is 4.70. The fourth-order valence-corrected chi connectivity index (χ4v) is 1.48. The predicted octanol–water partition coefficient (Wildman–Crippen LogP) is 2.92. The Bertz CT molecular complexity index is 397. The van der Waals surface area contributed by atoms with Crippen molar-refractivity contribution in [3.8, 4) is 0 Å². The van der Waals surface area contributed by atoms with Crippen molar-refractivity contribution in [1.82, 2.24) is 0 Å². The van der Waals surface area contributed by atoms with Gasteiger partial charge in [-0.05, 0) is 24.6 Å². The second-order valence-electron chi connectivity index (χ2n) is 3.33. The number of carbonyl (C=O) groups excluding carboxylic acids is 1. The highest BCUT2D eigenvalue weighted by Crippen LogP contribution is 2.16. The Balaban J connectivity index is 2.62. The van der Waals surface area contributed by atoms with Gasteiger partial charge in [0.2, 0.25) is 0 Å². The molecule has 1 rings (SSSR count). The number of hydrogen-bond acceptors (Lipinski definition) is 2. The van der Waals surface area contributed by atoms with E-state index in [1.165, 1.54) is 6.07 Å². The molecular weight excluding hydrogens is 235 g/mol. The Morgan fingerprint density at radius 1 is 1.25 bits per heavy atom. The molecule has 0 aliphatic rings. The number of carboxylic acid groups (broad SMARTS) is 1. The van der Waals surface area contributed by atoms with Crippen molar-refractivity contribution in [3.05, 3.63) is 34.6 Å². The molecule has 0 unspecified atom stereocenters. The summed E-state index contributed by atoms with van der Waals surface area (Å²) in [6.07, 6.45) is 0.239. The molecule has 1 aromatic carbocycles. The van der Waals surface area contributed by atoms with E-state index in [9.17, 15) is 14.0 Å². The van der Waals surface area contributed by atoms with E-state index in [0.717, 1.165) is 12.1 Å². The van der Waals surface area contributed by atoms with Crippen LogP contribution in [0.25, 0.3) is 0 Å². The quantitative estimate of drug-likeness (QED) is 0.811. The van der Waals surface area contributed by atoms with Crippen LogP contribution in [0.2, 0.25) is 5.02 Å². The van der Waals surface area contributed by atoms with Crippen molar-refractivity contribution in [2.45, 2.75) is 19.3 Å². The molecule has 0 fully saturated rings. The van der Waals surface area contributed by atoms with Gasteiger partial charge in [-0.25, -0.2) is 4.39 Å². The van der Waals surface area contributed by atoms with Crippen LogP contribution >= 0.6 is 11.6 Å².